The molecule has 1 heterocycles. The van der Waals surface area contributed by atoms with Crippen LogP contribution in [0.15, 0.2) is 18.2 Å². The number of hydrogen-bond donors (Lipinski definition) is 0. The second-order valence-corrected chi connectivity index (χ2v) is 5.90. The quantitative estimate of drug-likeness (QED) is 0.865. The number of hydrogen-bond acceptors (Lipinski definition) is 2. The molecule has 0 saturated carbocycles. The van der Waals surface area contributed by atoms with Gasteiger partial charge in [-0.3, -0.25) is 9.48 Å². The molecule has 0 spiro atoms. The van der Waals surface area contributed by atoms with E-state index in [1.807, 2.05) is 20.9 Å². The molecule has 1 amide bonds. The molecule has 4 nitrogen and oxygen atoms in total. The Morgan fingerprint density at radius 1 is 1.24 bits per heavy atom. The fraction of sp³-hybridized carbons (Fsp3) is 0.333. The van der Waals surface area contributed by atoms with Crippen LogP contribution in [0.3, 0.4) is 0 Å². The van der Waals surface area contributed by atoms with Gasteiger partial charge in [0.15, 0.2) is 0 Å². The van der Waals surface area contributed by atoms with Gasteiger partial charge in [-0.2, -0.15) is 5.10 Å². The van der Waals surface area contributed by atoms with Crippen LogP contribution in [-0.2, 0) is 18.3 Å². The maximum Gasteiger partial charge on any atom is 0.231 e. The lowest BCUT2D eigenvalue weighted by atomic mass is 10.1. The third kappa shape index (κ3) is 3.39. The third-order valence-electron chi connectivity index (χ3n) is 3.60. The van der Waals surface area contributed by atoms with E-state index in [1.165, 1.54) is 0 Å². The lowest BCUT2D eigenvalue weighted by molar-refractivity contribution is -0.117. The van der Waals surface area contributed by atoms with Gasteiger partial charge in [-0.15, -0.1) is 0 Å². The first-order valence-electron chi connectivity index (χ1n) is 6.51. The van der Waals surface area contributed by atoms with Gasteiger partial charge < -0.3 is 4.90 Å². The minimum absolute atomic E-state index is 0.0347. The molecule has 0 radical (unpaired) electrons. The van der Waals surface area contributed by atoms with Gasteiger partial charge in [0, 0.05) is 41.1 Å². The number of nitrogens with zero attached hydrogens (tertiary/aromatic N) is 3. The van der Waals surface area contributed by atoms with E-state index in [2.05, 4.69) is 5.10 Å². The molecule has 0 fully saturated rings. The zero-order chi connectivity index (χ0) is 15.7. The van der Waals surface area contributed by atoms with Crippen LogP contribution in [0.5, 0.6) is 0 Å². The second-order valence-electron chi connectivity index (χ2n) is 5.03. The van der Waals surface area contributed by atoms with Gasteiger partial charge in [-0.05, 0) is 32.0 Å². The molecule has 0 aliphatic carbocycles. The Morgan fingerprint density at radius 3 is 2.29 bits per heavy atom. The molecule has 0 aliphatic rings. The molecule has 2 rings (SSSR count). The summed E-state index contributed by atoms with van der Waals surface area (Å²) in [5, 5.41) is 5.34. The van der Waals surface area contributed by atoms with Crippen molar-refractivity contribution in [3.8, 4) is 0 Å². The van der Waals surface area contributed by atoms with Crippen LogP contribution in [0.4, 0.5) is 5.69 Å². The van der Waals surface area contributed by atoms with Gasteiger partial charge in [0.2, 0.25) is 5.91 Å². The van der Waals surface area contributed by atoms with E-state index in [0.717, 1.165) is 17.0 Å². The lowest BCUT2D eigenvalue weighted by Gasteiger charge is -2.18. The molecule has 21 heavy (non-hydrogen) atoms. The third-order valence-corrected chi connectivity index (χ3v) is 4.03. The van der Waals surface area contributed by atoms with Crippen molar-refractivity contribution < 1.29 is 4.79 Å². The molecule has 2 aromatic rings. The first kappa shape index (κ1) is 15.9. The average molecular weight is 326 g/mol. The van der Waals surface area contributed by atoms with Crippen LogP contribution in [0.25, 0.3) is 0 Å². The molecule has 1 aromatic heterocycles. The highest BCUT2D eigenvalue weighted by Crippen LogP contribution is 2.25. The SMILES string of the molecule is Cc1nn(C)c(C)c1CC(=O)N(C)c1cc(Cl)cc(Cl)c1. The molecule has 0 unspecified atom stereocenters. The summed E-state index contributed by atoms with van der Waals surface area (Å²) in [4.78, 5) is 14.0. The van der Waals surface area contributed by atoms with Crippen molar-refractivity contribution in [1.82, 2.24) is 9.78 Å². The maximum absolute atomic E-state index is 12.5. The van der Waals surface area contributed by atoms with Crippen molar-refractivity contribution in [2.75, 3.05) is 11.9 Å². The number of benzene rings is 1. The first-order chi connectivity index (χ1) is 9.79. The number of carbonyl (C=O) groups is 1. The van der Waals surface area contributed by atoms with Gasteiger partial charge >= 0.3 is 0 Å². The van der Waals surface area contributed by atoms with Crippen molar-refractivity contribution in [1.29, 1.82) is 0 Å². The largest absolute Gasteiger partial charge is 0.315 e. The van der Waals surface area contributed by atoms with Gasteiger partial charge in [0.1, 0.15) is 0 Å². The molecule has 0 aliphatic heterocycles. The van der Waals surface area contributed by atoms with Crippen LogP contribution >= 0.6 is 23.2 Å². The molecule has 0 N–H and O–H groups in total. The van der Waals surface area contributed by atoms with Gasteiger partial charge in [-0.1, -0.05) is 23.2 Å². The van der Waals surface area contributed by atoms with Gasteiger partial charge in [0.25, 0.3) is 0 Å². The summed E-state index contributed by atoms with van der Waals surface area (Å²) >= 11 is 12.0. The van der Waals surface area contributed by atoms with Gasteiger partial charge in [0.05, 0.1) is 12.1 Å². The standard InChI is InChI=1S/C15H17Cl2N3O/c1-9-14(10(2)20(4)18-9)8-15(21)19(3)13-6-11(16)5-12(17)7-13/h5-7H,8H2,1-4H3. The first-order valence-corrected chi connectivity index (χ1v) is 7.27. The topological polar surface area (TPSA) is 38.1 Å². The second kappa shape index (κ2) is 6.08. The molecule has 1 aromatic carbocycles. The smallest absolute Gasteiger partial charge is 0.231 e. The summed E-state index contributed by atoms with van der Waals surface area (Å²) in [5.74, 6) is -0.0347. The normalized spacial score (nSPS) is 10.8. The zero-order valence-corrected chi connectivity index (χ0v) is 14.0. The minimum Gasteiger partial charge on any atom is -0.315 e. The fourth-order valence-electron chi connectivity index (χ4n) is 2.22. The highest BCUT2D eigenvalue weighted by molar-refractivity contribution is 6.35. The number of carbonyl (C=O) groups excluding carboxylic acids is 1. The highest BCUT2D eigenvalue weighted by atomic mass is 35.5. The van der Waals surface area contributed by atoms with Crippen molar-refractivity contribution in [2.24, 2.45) is 7.05 Å². The van der Waals surface area contributed by atoms with Crippen molar-refractivity contribution in [3.63, 3.8) is 0 Å². The summed E-state index contributed by atoms with van der Waals surface area (Å²) in [6, 6.07) is 5.07. The summed E-state index contributed by atoms with van der Waals surface area (Å²) in [5.41, 5.74) is 3.51. The number of aryl methyl sites for hydroxylation is 2. The molecule has 112 valence electrons. The predicted octanol–water partition coefficient (Wildman–Crippen LogP) is 3.55. The van der Waals surface area contributed by atoms with Crippen LogP contribution in [0, 0.1) is 13.8 Å². The number of rotatable bonds is 3. The van der Waals surface area contributed by atoms with E-state index in [4.69, 9.17) is 23.2 Å². The van der Waals surface area contributed by atoms with E-state index in [9.17, 15) is 4.79 Å². The van der Waals surface area contributed by atoms with Crippen molar-refractivity contribution in [2.45, 2.75) is 20.3 Å². The molecular weight excluding hydrogens is 309 g/mol. The van der Waals surface area contributed by atoms with E-state index in [1.54, 1.807) is 34.8 Å². The number of halogens is 2. The van der Waals surface area contributed by atoms with E-state index >= 15 is 0 Å². The number of likely N-dealkylation sites (N-methyl/N-ethyl adjacent to an activating group) is 1. The molecule has 6 heteroatoms. The number of aromatic nitrogens is 2. The summed E-state index contributed by atoms with van der Waals surface area (Å²) < 4.78 is 1.79. The van der Waals surface area contributed by atoms with Crippen LogP contribution in [0.2, 0.25) is 10.0 Å². The van der Waals surface area contributed by atoms with Crippen molar-refractivity contribution >= 4 is 34.8 Å². The van der Waals surface area contributed by atoms with Crippen molar-refractivity contribution in [3.05, 3.63) is 45.2 Å². The van der Waals surface area contributed by atoms with E-state index in [-0.39, 0.29) is 5.91 Å². The highest BCUT2D eigenvalue weighted by Gasteiger charge is 2.17. The maximum atomic E-state index is 12.5. The molecular formula is C15H17Cl2N3O. The number of anilines is 1. The predicted molar refractivity (Wildman–Crippen MR) is 86.3 cm³/mol. The number of amides is 1. The fourth-order valence-corrected chi connectivity index (χ4v) is 2.73. The Labute approximate surface area is 134 Å². The Morgan fingerprint density at radius 2 is 1.81 bits per heavy atom. The molecule has 0 saturated heterocycles. The molecule has 0 bridgehead atoms. The molecule has 0 atom stereocenters. The summed E-state index contributed by atoms with van der Waals surface area (Å²) in [7, 11) is 3.59. The van der Waals surface area contributed by atoms with Gasteiger partial charge in [-0.25, -0.2) is 0 Å². The zero-order valence-electron chi connectivity index (χ0n) is 12.4. The Balaban J connectivity index is 2.23. The Hall–Kier alpha value is -1.52. The monoisotopic (exact) mass is 325 g/mol. The average Bonchev–Trinajstić information content (AvgIpc) is 2.63. The van der Waals surface area contributed by atoms with Crippen LogP contribution in [-0.4, -0.2) is 22.7 Å². The summed E-state index contributed by atoms with van der Waals surface area (Å²) in [6.45, 7) is 3.87. The Bertz CT molecular complexity index is 674. The van der Waals surface area contributed by atoms with E-state index in [0.29, 0.717) is 22.2 Å². The minimum atomic E-state index is -0.0347. The van der Waals surface area contributed by atoms with Crippen LogP contribution < -0.4 is 4.90 Å². The lowest BCUT2D eigenvalue weighted by Crippen LogP contribution is -2.28. The van der Waals surface area contributed by atoms with Crippen LogP contribution in [0.1, 0.15) is 17.0 Å². The Kier molecular flexibility index (Phi) is 4.59. The summed E-state index contributed by atoms with van der Waals surface area (Å²) in [6.07, 6.45) is 0.298. The van der Waals surface area contributed by atoms with E-state index < -0.39 is 0 Å².